The molecule has 0 saturated carbocycles. The Kier molecular flexibility index (Phi) is 4.20. The van der Waals surface area contributed by atoms with Crippen molar-refractivity contribution in [2.45, 2.75) is 38.4 Å². The lowest BCUT2D eigenvalue weighted by atomic mass is 9.99. The van der Waals surface area contributed by atoms with Crippen LogP contribution in [0.25, 0.3) is 0 Å². The van der Waals surface area contributed by atoms with E-state index in [0.29, 0.717) is 0 Å². The molecule has 0 aliphatic carbocycles. The molecule has 1 N–H and O–H groups in total. The zero-order chi connectivity index (χ0) is 14.8. The van der Waals surface area contributed by atoms with Gasteiger partial charge in [-0.3, -0.25) is 0 Å². The standard InChI is InChI=1S/C12H16F3N3O2/c1-8-6-18-4-2-3-9(10(18)17-8)5-16-11(19)20-7-12(13,14)15/h6,9H,2-5,7H2,1H3,(H,16,19). The van der Waals surface area contributed by atoms with Crippen molar-refractivity contribution in [1.82, 2.24) is 14.9 Å². The summed E-state index contributed by atoms with van der Waals surface area (Å²) in [5, 5.41) is 2.36. The Bertz CT molecular complexity index is 485. The number of aromatic nitrogens is 2. The molecule has 2 heterocycles. The molecule has 1 aliphatic heterocycles. The summed E-state index contributed by atoms with van der Waals surface area (Å²) >= 11 is 0. The fraction of sp³-hybridized carbons (Fsp3) is 0.667. The van der Waals surface area contributed by atoms with Crippen LogP contribution in [-0.2, 0) is 11.3 Å². The molecule has 112 valence electrons. The first kappa shape index (κ1) is 14.7. The van der Waals surface area contributed by atoms with Crippen molar-refractivity contribution >= 4 is 6.09 Å². The fourth-order valence-electron chi connectivity index (χ4n) is 2.31. The second-order valence-electron chi connectivity index (χ2n) is 4.85. The Morgan fingerprint density at radius 3 is 3.05 bits per heavy atom. The Balaban J connectivity index is 1.84. The number of rotatable bonds is 3. The number of alkyl carbamates (subject to hydrolysis) is 1. The monoisotopic (exact) mass is 291 g/mol. The first-order chi connectivity index (χ1) is 9.35. The molecule has 5 nitrogen and oxygen atoms in total. The summed E-state index contributed by atoms with van der Waals surface area (Å²) in [4.78, 5) is 15.6. The summed E-state index contributed by atoms with van der Waals surface area (Å²) in [6.45, 7) is 1.42. The molecule has 2 rings (SSSR count). The third-order valence-electron chi connectivity index (χ3n) is 3.10. The molecule has 1 unspecified atom stereocenters. The number of ether oxygens (including phenoxy) is 1. The van der Waals surface area contributed by atoms with E-state index in [1.165, 1.54) is 0 Å². The van der Waals surface area contributed by atoms with E-state index in [1.807, 2.05) is 17.7 Å². The molecule has 1 amide bonds. The van der Waals surface area contributed by atoms with Crippen LogP contribution in [0.15, 0.2) is 6.20 Å². The summed E-state index contributed by atoms with van der Waals surface area (Å²) in [7, 11) is 0. The molecule has 1 aromatic heterocycles. The fourth-order valence-corrected chi connectivity index (χ4v) is 2.31. The lowest BCUT2D eigenvalue weighted by molar-refractivity contribution is -0.160. The lowest BCUT2D eigenvalue weighted by Gasteiger charge is -2.23. The normalized spacial score (nSPS) is 18.5. The minimum Gasteiger partial charge on any atom is -0.440 e. The zero-order valence-corrected chi connectivity index (χ0v) is 11.0. The number of aryl methyl sites for hydroxylation is 2. The quantitative estimate of drug-likeness (QED) is 0.930. The van der Waals surface area contributed by atoms with Gasteiger partial charge in [0, 0.05) is 25.2 Å². The number of amides is 1. The van der Waals surface area contributed by atoms with Gasteiger partial charge in [-0.1, -0.05) is 0 Å². The highest BCUT2D eigenvalue weighted by Crippen LogP contribution is 2.26. The summed E-state index contributed by atoms with van der Waals surface area (Å²) in [6.07, 6.45) is -1.83. The number of carbonyl (C=O) groups excluding carboxylic acids is 1. The Hall–Kier alpha value is -1.73. The van der Waals surface area contributed by atoms with Gasteiger partial charge >= 0.3 is 12.3 Å². The smallest absolute Gasteiger partial charge is 0.422 e. The molecule has 0 bridgehead atoms. The topological polar surface area (TPSA) is 56.2 Å². The van der Waals surface area contributed by atoms with Crippen molar-refractivity contribution in [3.05, 3.63) is 17.7 Å². The van der Waals surface area contributed by atoms with Gasteiger partial charge in [-0.25, -0.2) is 9.78 Å². The van der Waals surface area contributed by atoms with Crippen LogP contribution in [-0.4, -0.2) is 35.0 Å². The molecule has 8 heteroatoms. The van der Waals surface area contributed by atoms with E-state index in [0.717, 1.165) is 30.9 Å². The maximum Gasteiger partial charge on any atom is 0.422 e. The van der Waals surface area contributed by atoms with E-state index in [1.54, 1.807) is 0 Å². The Labute approximate surface area is 114 Å². The molecule has 1 atom stereocenters. The average molecular weight is 291 g/mol. The Morgan fingerprint density at radius 1 is 1.60 bits per heavy atom. The van der Waals surface area contributed by atoms with Gasteiger partial charge in [-0.05, 0) is 19.8 Å². The van der Waals surface area contributed by atoms with Crippen molar-refractivity contribution in [2.75, 3.05) is 13.2 Å². The second-order valence-corrected chi connectivity index (χ2v) is 4.85. The number of halogens is 3. The van der Waals surface area contributed by atoms with Crippen LogP contribution >= 0.6 is 0 Å². The summed E-state index contributed by atoms with van der Waals surface area (Å²) in [5.74, 6) is 0.876. The molecule has 0 spiro atoms. The zero-order valence-electron chi connectivity index (χ0n) is 11.0. The molecule has 0 aromatic carbocycles. The molecular weight excluding hydrogens is 275 g/mol. The number of nitrogens with one attached hydrogen (secondary N) is 1. The maximum atomic E-state index is 11.9. The minimum absolute atomic E-state index is 0.0101. The second kappa shape index (κ2) is 5.72. The molecule has 0 saturated heterocycles. The third-order valence-corrected chi connectivity index (χ3v) is 3.10. The van der Waals surface area contributed by atoms with Crippen molar-refractivity contribution < 1.29 is 22.7 Å². The first-order valence-corrected chi connectivity index (χ1v) is 6.36. The van der Waals surface area contributed by atoms with E-state index >= 15 is 0 Å². The molecule has 20 heavy (non-hydrogen) atoms. The minimum atomic E-state index is -4.50. The van der Waals surface area contributed by atoms with Gasteiger partial charge < -0.3 is 14.6 Å². The van der Waals surface area contributed by atoms with E-state index in [9.17, 15) is 18.0 Å². The number of alkyl halides is 3. The highest BCUT2D eigenvalue weighted by Gasteiger charge is 2.30. The van der Waals surface area contributed by atoms with Crippen molar-refractivity contribution in [2.24, 2.45) is 0 Å². The van der Waals surface area contributed by atoms with Crippen LogP contribution in [0.2, 0.25) is 0 Å². The number of fused-ring (bicyclic) bond motifs is 1. The maximum absolute atomic E-state index is 11.9. The SMILES string of the molecule is Cc1cn2c(n1)C(CNC(=O)OCC(F)(F)F)CCC2. The largest absolute Gasteiger partial charge is 0.440 e. The highest BCUT2D eigenvalue weighted by molar-refractivity contribution is 5.67. The van der Waals surface area contributed by atoms with E-state index in [-0.39, 0.29) is 12.5 Å². The summed E-state index contributed by atoms with van der Waals surface area (Å²) in [6, 6.07) is 0. The average Bonchev–Trinajstić information content (AvgIpc) is 2.73. The van der Waals surface area contributed by atoms with E-state index < -0.39 is 18.9 Å². The molecule has 1 aromatic rings. The molecule has 1 aliphatic rings. The molecule has 0 fully saturated rings. The predicted octanol–water partition coefficient (Wildman–Crippen LogP) is 2.36. The van der Waals surface area contributed by atoms with Crippen LogP contribution in [0.5, 0.6) is 0 Å². The van der Waals surface area contributed by atoms with Gasteiger partial charge in [0.15, 0.2) is 6.61 Å². The van der Waals surface area contributed by atoms with Crippen molar-refractivity contribution in [3.8, 4) is 0 Å². The van der Waals surface area contributed by atoms with Gasteiger partial charge in [0.05, 0.1) is 5.69 Å². The van der Waals surface area contributed by atoms with Gasteiger partial charge in [-0.15, -0.1) is 0 Å². The summed E-state index contributed by atoms with van der Waals surface area (Å²) < 4.78 is 41.8. The third kappa shape index (κ3) is 3.88. The van der Waals surface area contributed by atoms with E-state index in [2.05, 4.69) is 15.0 Å². The van der Waals surface area contributed by atoms with Crippen LogP contribution in [0, 0.1) is 6.92 Å². The first-order valence-electron chi connectivity index (χ1n) is 6.36. The van der Waals surface area contributed by atoms with Crippen molar-refractivity contribution in [1.29, 1.82) is 0 Å². The molecule has 0 radical (unpaired) electrons. The van der Waals surface area contributed by atoms with Crippen LogP contribution in [0.4, 0.5) is 18.0 Å². The van der Waals surface area contributed by atoms with Crippen LogP contribution in [0.3, 0.4) is 0 Å². The van der Waals surface area contributed by atoms with E-state index in [4.69, 9.17) is 0 Å². The van der Waals surface area contributed by atoms with Gasteiger partial charge in [0.25, 0.3) is 0 Å². The number of hydrogen-bond donors (Lipinski definition) is 1. The predicted molar refractivity (Wildman–Crippen MR) is 64.3 cm³/mol. The lowest BCUT2D eigenvalue weighted by Crippen LogP contribution is -2.33. The molecular formula is C12H16F3N3O2. The van der Waals surface area contributed by atoms with Crippen LogP contribution in [0.1, 0.15) is 30.3 Å². The van der Waals surface area contributed by atoms with Crippen LogP contribution < -0.4 is 5.32 Å². The summed E-state index contributed by atoms with van der Waals surface area (Å²) in [5.41, 5.74) is 0.895. The van der Waals surface area contributed by atoms with Gasteiger partial charge in [0.2, 0.25) is 0 Å². The number of hydrogen-bond acceptors (Lipinski definition) is 3. The number of imidazole rings is 1. The van der Waals surface area contributed by atoms with Crippen molar-refractivity contribution in [3.63, 3.8) is 0 Å². The number of nitrogens with zero attached hydrogens (tertiary/aromatic N) is 2. The van der Waals surface area contributed by atoms with Gasteiger partial charge in [0.1, 0.15) is 5.82 Å². The van der Waals surface area contributed by atoms with Gasteiger partial charge in [-0.2, -0.15) is 13.2 Å². The number of carbonyl (C=O) groups is 1. The Morgan fingerprint density at radius 2 is 2.35 bits per heavy atom. The highest BCUT2D eigenvalue weighted by atomic mass is 19.4.